The topological polar surface area (TPSA) is 26.3 Å². The molecule has 2 unspecified atom stereocenters. The molecule has 0 spiro atoms. The lowest BCUT2D eigenvalue weighted by molar-refractivity contribution is -0.736. The molecule has 0 aromatic carbocycles. The number of fused-ring (bicyclic) bond motifs is 1. The summed E-state index contributed by atoms with van der Waals surface area (Å²) in [6.45, 7) is 4.46. The van der Waals surface area contributed by atoms with Crippen LogP contribution >= 0.6 is 0 Å². The third-order valence-corrected chi connectivity index (χ3v) is 3.33. The number of carbonyl (C=O) groups excluding carboxylic acids is 1. The van der Waals surface area contributed by atoms with E-state index in [2.05, 4.69) is 0 Å². The van der Waals surface area contributed by atoms with Gasteiger partial charge in [0.1, 0.15) is 12.6 Å². The highest BCUT2D eigenvalue weighted by Crippen LogP contribution is 2.39. The zero-order chi connectivity index (χ0) is 9.31. The Morgan fingerprint density at radius 3 is 3.08 bits per heavy atom. The molecule has 13 heavy (non-hydrogen) atoms. The van der Waals surface area contributed by atoms with Crippen molar-refractivity contribution in [3.63, 3.8) is 0 Å². The van der Waals surface area contributed by atoms with E-state index in [0.29, 0.717) is 17.1 Å². The zero-order valence-electron chi connectivity index (χ0n) is 8.29. The molecule has 3 heteroatoms. The molecule has 1 amide bonds. The van der Waals surface area contributed by atoms with Gasteiger partial charge in [-0.25, -0.2) is 4.48 Å². The van der Waals surface area contributed by atoms with Crippen molar-refractivity contribution in [2.24, 2.45) is 0 Å². The molecule has 2 atom stereocenters. The Bertz CT molecular complexity index is 217. The van der Waals surface area contributed by atoms with Crippen molar-refractivity contribution in [2.75, 3.05) is 19.7 Å². The molecular formula is C10H18NO2+. The lowest BCUT2D eigenvalue weighted by atomic mass is 10.2. The van der Waals surface area contributed by atoms with Crippen LogP contribution < -0.4 is 0 Å². The number of ether oxygens (including phenoxy) is 1. The lowest BCUT2D eigenvalue weighted by Gasteiger charge is -2.14. The Morgan fingerprint density at radius 1 is 1.46 bits per heavy atom. The summed E-state index contributed by atoms with van der Waals surface area (Å²) in [6.07, 6.45) is 5.02. The average molecular weight is 184 g/mol. The summed E-state index contributed by atoms with van der Waals surface area (Å²) in [7, 11) is 0. The third kappa shape index (κ3) is 1.46. The number of rotatable bonds is 1. The van der Waals surface area contributed by atoms with Gasteiger partial charge in [0.2, 0.25) is 0 Å². The molecule has 2 aliphatic rings. The van der Waals surface area contributed by atoms with Gasteiger partial charge >= 0.3 is 6.09 Å². The second-order valence-corrected chi connectivity index (χ2v) is 4.14. The van der Waals surface area contributed by atoms with E-state index in [0.717, 1.165) is 13.1 Å². The van der Waals surface area contributed by atoms with E-state index in [9.17, 15) is 4.79 Å². The van der Waals surface area contributed by atoms with Gasteiger partial charge in [-0.2, -0.15) is 4.79 Å². The minimum absolute atomic E-state index is 0.0226. The average Bonchev–Trinajstić information content (AvgIpc) is 2.77. The molecular weight excluding hydrogens is 166 g/mol. The molecule has 2 rings (SSSR count). The van der Waals surface area contributed by atoms with Crippen molar-refractivity contribution in [3.8, 4) is 0 Å². The van der Waals surface area contributed by atoms with Crippen molar-refractivity contribution < 1.29 is 14.0 Å². The largest absolute Gasteiger partial charge is 0.516 e. The SMILES string of the molecule is CCOC(=O)[N+]12CCCCCC1C2. The van der Waals surface area contributed by atoms with Crippen LogP contribution in [0.5, 0.6) is 0 Å². The Labute approximate surface area is 79.3 Å². The standard InChI is InChI=1S/C10H18NO2/c1-2-13-10(12)11-7-5-3-4-6-9(11)8-11/h9H,2-8H2,1H3/q+1. The van der Waals surface area contributed by atoms with Crippen LogP contribution in [0.4, 0.5) is 4.79 Å². The van der Waals surface area contributed by atoms with E-state index in [1.54, 1.807) is 0 Å². The molecule has 0 aromatic rings. The smallest absolute Gasteiger partial charge is 0.420 e. The van der Waals surface area contributed by atoms with Crippen LogP contribution in [-0.2, 0) is 4.74 Å². The van der Waals surface area contributed by atoms with E-state index in [1.807, 2.05) is 6.92 Å². The Hall–Kier alpha value is -0.570. The van der Waals surface area contributed by atoms with Gasteiger partial charge in [0.15, 0.2) is 0 Å². The molecule has 0 saturated carbocycles. The second kappa shape index (κ2) is 3.29. The maximum Gasteiger partial charge on any atom is 0.516 e. The minimum atomic E-state index is 0.0226. The van der Waals surface area contributed by atoms with E-state index in [4.69, 9.17) is 4.74 Å². The van der Waals surface area contributed by atoms with Crippen LogP contribution in [0.3, 0.4) is 0 Å². The van der Waals surface area contributed by atoms with Crippen LogP contribution in [0.15, 0.2) is 0 Å². The number of hydrogen-bond donors (Lipinski definition) is 0. The van der Waals surface area contributed by atoms with Gasteiger partial charge in [-0.15, -0.1) is 0 Å². The van der Waals surface area contributed by atoms with Crippen LogP contribution in [0.2, 0.25) is 0 Å². The van der Waals surface area contributed by atoms with Crippen molar-refractivity contribution in [2.45, 2.75) is 38.6 Å². The Kier molecular flexibility index (Phi) is 2.28. The van der Waals surface area contributed by atoms with Crippen molar-refractivity contribution in [1.82, 2.24) is 0 Å². The number of hydrogen-bond acceptors (Lipinski definition) is 2. The number of amides is 1. The Balaban J connectivity index is 2.00. The van der Waals surface area contributed by atoms with E-state index in [-0.39, 0.29) is 6.09 Å². The quantitative estimate of drug-likeness (QED) is 0.459. The predicted molar refractivity (Wildman–Crippen MR) is 49.3 cm³/mol. The highest BCUT2D eigenvalue weighted by Gasteiger charge is 2.61. The van der Waals surface area contributed by atoms with Crippen LogP contribution in [0.1, 0.15) is 32.6 Å². The fourth-order valence-electron chi connectivity index (χ4n) is 2.46. The molecule has 2 saturated heterocycles. The summed E-state index contributed by atoms with van der Waals surface area (Å²) in [6, 6.07) is 0.599. The number of nitrogens with zero attached hydrogens (tertiary/aromatic N) is 1. The third-order valence-electron chi connectivity index (χ3n) is 3.33. The molecule has 2 heterocycles. The first kappa shape index (κ1) is 9.00. The van der Waals surface area contributed by atoms with Gasteiger partial charge in [-0.3, -0.25) is 0 Å². The fraction of sp³-hybridized carbons (Fsp3) is 0.900. The molecule has 0 aromatic heterocycles. The molecule has 74 valence electrons. The summed E-state index contributed by atoms with van der Waals surface area (Å²) < 4.78 is 5.76. The summed E-state index contributed by atoms with van der Waals surface area (Å²) in [5.41, 5.74) is 0. The van der Waals surface area contributed by atoms with Gasteiger partial charge in [0.05, 0.1) is 13.2 Å². The molecule has 0 N–H and O–H groups in total. The summed E-state index contributed by atoms with van der Waals surface area (Å²) >= 11 is 0. The first-order chi connectivity index (χ1) is 6.29. The van der Waals surface area contributed by atoms with Crippen molar-refractivity contribution in [3.05, 3.63) is 0 Å². The van der Waals surface area contributed by atoms with Gasteiger partial charge in [-0.05, 0) is 26.2 Å². The fourth-order valence-corrected chi connectivity index (χ4v) is 2.46. The molecule has 3 nitrogen and oxygen atoms in total. The Morgan fingerprint density at radius 2 is 2.31 bits per heavy atom. The van der Waals surface area contributed by atoms with E-state index < -0.39 is 0 Å². The van der Waals surface area contributed by atoms with Gasteiger partial charge in [0, 0.05) is 6.42 Å². The second-order valence-electron chi connectivity index (χ2n) is 4.14. The first-order valence-electron chi connectivity index (χ1n) is 5.33. The van der Waals surface area contributed by atoms with Crippen LogP contribution in [0.25, 0.3) is 0 Å². The van der Waals surface area contributed by atoms with Gasteiger partial charge < -0.3 is 4.74 Å². The summed E-state index contributed by atoms with van der Waals surface area (Å²) in [5, 5.41) is 0. The lowest BCUT2D eigenvalue weighted by Crippen LogP contribution is -2.37. The molecule has 0 radical (unpaired) electrons. The predicted octanol–water partition coefficient (Wildman–Crippen LogP) is 1.92. The maximum atomic E-state index is 11.7. The first-order valence-corrected chi connectivity index (χ1v) is 5.33. The number of carbonyl (C=O) groups is 1. The zero-order valence-corrected chi connectivity index (χ0v) is 8.29. The van der Waals surface area contributed by atoms with Crippen LogP contribution in [0, 0.1) is 0 Å². The van der Waals surface area contributed by atoms with Crippen molar-refractivity contribution >= 4 is 6.09 Å². The summed E-state index contributed by atoms with van der Waals surface area (Å²) in [5.74, 6) is 0. The summed E-state index contributed by atoms with van der Waals surface area (Å²) in [4.78, 5) is 11.7. The van der Waals surface area contributed by atoms with E-state index >= 15 is 0 Å². The molecule has 2 aliphatic heterocycles. The molecule has 0 aliphatic carbocycles. The van der Waals surface area contributed by atoms with E-state index in [1.165, 1.54) is 25.7 Å². The number of quaternary nitrogens is 1. The highest BCUT2D eigenvalue weighted by molar-refractivity contribution is 5.61. The van der Waals surface area contributed by atoms with Crippen LogP contribution in [-0.4, -0.2) is 36.3 Å². The van der Waals surface area contributed by atoms with Crippen molar-refractivity contribution in [1.29, 1.82) is 0 Å². The van der Waals surface area contributed by atoms with Gasteiger partial charge in [0.25, 0.3) is 0 Å². The van der Waals surface area contributed by atoms with Gasteiger partial charge in [-0.1, -0.05) is 0 Å². The monoisotopic (exact) mass is 184 g/mol. The normalized spacial score (nSPS) is 37.5. The maximum absolute atomic E-state index is 11.7. The molecule has 0 bridgehead atoms. The molecule has 2 fully saturated rings. The minimum Gasteiger partial charge on any atom is -0.420 e. The highest BCUT2D eigenvalue weighted by atomic mass is 16.6.